The number of carbonyl (C=O) groups excluding carboxylic acids is 2. The van der Waals surface area contributed by atoms with Crippen LogP contribution in [-0.2, 0) is 14.3 Å². The zero-order chi connectivity index (χ0) is 13.8. The standard InChI is InChI=1S/C14H27NO3/c1-4-13(16)8-6-5-7-9-14(17)15-10-11-18-12(2)3/h12H,4-11H2,1-3H3,(H,15,17). The van der Waals surface area contributed by atoms with E-state index in [9.17, 15) is 9.59 Å². The minimum Gasteiger partial charge on any atom is -0.377 e. The maximum atomic E-state index is 11.4. The Morgan fingerprint density at radius 3 is 2.39 bits per heavy atom. The molecule has 0 unspecified atom stereocenters. The summed E-state index contributed by atoms with van der Waals surface area (Å²) in [5, 5.41) is 2.82. The van der Waals surface area contributed by atoms with Crippen molar-refractivity contribution in [1.29, 1.82) is 0 Å². The molecule has 0 aliphatic heterocycles. The van der Waals surface area contributed by atoms with Gasteiger partial charge in [0.2, 0.25) is 5.91 Å². The van der Waals surface area contributed by atoms with Gasteiger partial charge in [-0.1, -0.05) is 13.3 Å². The normalized spacial score (nSPS) is 10.7. The second kappa shape index (κ2) is 11.2. The van der Waals surface area contributed by atoms with Crippen molar-refractivity contribution >= 4 is 11.7 Å². The van der Waals surface area contributed by atoms with Crippen LogP contribution in [0.25, 0.3) is 0 Å². The SMILES string of the molecule is CCC(=O)CCCCCC(=O)NCCOC(C)C. The van der Waals surface area contributed by atoms with Crippen LogP contribution >= 0.6 is 0 Å². The van der Waals surface area contributed by atoms with Crippen molar-refractivity contribution in [2.75, 3.05) is 13.2 Å². The zero-order valence-electron chi connectivity index (χ0n) is 12.0. The Bertz CT molecular complexity index is 239. The molecule has 18 heavy (non-hydrogen) atoms. The van der Waals surface area contributed by atoms with E-state index in [0.29, 0.717) is 38.2 Å². The van der Waals surface area contributed by atoms with E-state index >= 15 is 0 Å². The Kier molecular flexibility index (Phi) is 10.6. The third-order valence-corrected chi connectivity index (χ3v) is 2.63. The number of Topliss-reactive ketones (excluding diaryl/α,β-unsaturated/α-hetero) is 1. The highest BCUT2D eigenvalue weighted by Crippen LogP contribution is 2.04. The average Bonchev–Trinajstić information content (AvgIpc) is 2.33. The van der Waals surface area contributed by atoms with Gasteiger partial charge in [0.05, 0.1) is 12.7 Å². The molecule has 0 aliphatic carbocycles. The molecular formula is C14H27NO3. The van der Waals surface area contributed by atoms with Gasteiger partial charge in [-0.3, -0.25) is 9.59 Å². The first-order valence-electron chi connectivity index (χ1n) is 6.96. The molecule has 0 fully saturated rings. The Balaban J connectivity index is 3.29. The number of hydrogen-bond acceptors (Lipinski definition) is 3. The molecule has 0 spiro atoms. The second-order valence-corrected chi connectivity index (χ2v) is 4.72. The molecule has 0 heterocycles. The van der Waals surface area contributed by atoms with Crippen molar-refractivity contribution in [3.8, 4) is 0 Å². The summed E-state index contributed by atoms with van der Waals surface area (Å²) >= 11 is 0. The predicted octanol–water partition coefficient (Wildman–Crippen LogP) is 2.46. The molecule has 0 radical (unpaired) electrons. The summed E-state index contributed by atoms with van der Waals surface area (Å²) in [6.45, 7) is 6.97. The lowest BCUT2D eigenvalue weighted by Crippen LogP contribution is -2.27. The summed E-state index contributed by atoms with van der Waals surface area (Å²) in [7, 11) is 0. The van der Waals surface area contributed by atoms with Crippen LogP contribution in [0, 0.1) is 0 Å². The zero-order valence-corrected chi connectivity index (χ0v) is 12.0. The summed E-state index contributed by atoms with van der Waals surface area (Å²) in [5.41, 5.74) is 0. The first-order chi connectivity index (χ1) is 8.56. The van der Waals surface area contributed by atoms with Crippen LogP contribution in [0.15, 0.2) is 0 Å². The average molecular weight is 257 g/mol. The van der Waals surface area contributed by atoms with Gasteiger partial charge in [0.1, 0.15) is 5.78 Å². The lowest BCUT2D eigenvalue weighted by molar-refractivity contribution is -0.121. The molecule has 0 saturated heterocycles. The van der Waals surface area contributed by atoms with Crippen LogP contribution in [0.3, 0.4) is 0 Å². The van der Waals surface area contributed by atoms with Gasteiger partial charge in [0, 0.05) is 25.8 Å². The van der Waals surface area contributed by atoms with Crippen molar-refractivity contribution in [2.45, 2.75) is 65.4 Å². The molecule has 1 amide bonds. The Morgan fingerprint density at radius 2 is 1.78 bits per heavy atom. The fraction of sp³-hybridized carbons (Fsp3) is 0.857. The van der Waals surface area contributed by atoms with Crippen molar-refractivity contribution in [3.63, 3.8) is 0 Å². The quantitative estimate of drug-likeness (QED) is 0.578. The third-order valence-electron chi connectivity index (χ3n) is 2.63. The van der Waals surface area contributed by atoms with E-state index in [0.717, 1.165) is 19.3 Å². The van der Waals surface area contributed by atoms with Crippen LogP contribution < -0.4 is 5.32 Å². The van der Waals surface area contributed by atoms with E-state index in [2.05, 4.69) is 5.32 Å². The van der Waals surface area contributed by atoms with Gasteiger partial charge in [0.15, 0.2) is 0 Å². The molecule has 0 atom stereocenters. The minimum atomic E-state index is 0.0733. The van der Waals surface area contributed by atoms with Gasteiger partial charge in [-0.2, -0.15) is 0 Å². The highest BCUT2D eigenvalue weighted by atomic mass is 16.5. The smallest absolute Gasteiger partial charge is 0.220 e. The van der Waals surface area contributed by atoms with Gasteiger partial charge in [0.25, 0.3) is 0 Å². The number of nitrogens with one attached hydrogen (secondary N) is 1. The van der Waals surface area contributed by atoms with Gasteiger partial charge < -0.3 is 10.1 Å². The Morgan fingerprint density at radius 1 is 1.11 bits per heavy atom. The molecule has 1 N–H and O–H groups in total. The molecule has 0 aromatic rings. The molecule has 0 rings (SSSR count). The van der Waals surface area contributed by atoms with Crippen molar-refractivity contribution < 1.29 is 14.3 Å². The maximum absolute atomic E-state index is 11.4. The van der Waals surface area contributed by atoms with Gasteiger partial charge >= 0.3 is 0 Å². The molecule has 4 heteroatoms. The van der Waals surface area contributed by atoms with Gasteiger partial charge in [-0.05, 0) is 26.7 Å². The lowest BCUT2D eigenvalue weighted by atomic mass is 10.1. The fourth-order valence-corrected chi connectivity index (χ4v) is 1.53. The van der Waals surface area contributed by atoms with Crippen molar-refractivity contribution in [1.82, 2.24) is 5.32 Å². The van der Waals surface area contributed by atoms with Gasteiger partial charge in [-0.25, -0.2) is 0 Å². The number of carbonyl (C=O) groups is 2. The monoisotopic (exact) mass is 257 g/mol. The Hall–Kier alpha value is -0.900. The van der Waals surface area contributed by atoms with Crippen LogP contribution in [0.1, 0.15) is 59.3 Å². The summed E-state index contributed by atoms with van der Waals surface area (Å²) in [4.78, 5) is 22.5. The van der Waals surface area contributed by atoms with E-state index in [1.807, 2.05) is 20.8 Å². The molecule has 0 saturated carbocycles. The highest BCUT2D eigenvalue weighted by molar-refractivity contribution is 5.78. The van der Waals surface area contributed by atoms with Crippen LogP contribution in [-0.4, -0.2) is 30.9 Å². The Labute approximate surface area is 110 Å². The summed E-state index contributed by atoms with van der Waals surface area (Å²) in [5.74, 6) is 0.384. The minimum absolute atomic E-state index is 0.0733. The number of ether oxygens (including phenoxy) is 1. The first kappa shape index (κ1) is 17.1. The fourth-order valence-electron chi connectivity index (χ4n) is 1.53. The maximum Gasteiger partial charge on any atom is 0.220 e. The number of rotatable bonds is 11. The first-order valence-corrected chi connectivity index (χ1v) is 6.96. The van der Waals surface area contributed by atoms with E-state index in [-0.39, 0.29) is 12.0 Å². The predicted molar refractivity (Wildman–Crippen MR) is 72.5 cm³/mol. The van der Waals surface area contributed by atoms with Gasteiger partial charge in [-0.15, -0.1) is 0 Å². The van der Waals surface area contributed by atoms with Crippen LogP contribution in [0.4, 0.5) is 0 Å². The third kappa shape index (κ3) is 11.6. The van der Waals surface area contributed by atoms with E-state index in [4.69, 9.17) is 4.74 Å². The summed E-state index contributed by atoms with van der Waals surface area (Å²) in [6.07, 6.45) is 4.72. The van der Waals surface area contributed by atoms with E-state index in [1.54, 1.807) is 0 Å². The van der Waals surface area contributed by atoms with Crippen molar-refractivity contribution in [2.24, 2.45) is 0 Å². The summed E-state index contributed by atoms with van der Waals surface area (Å²) in [6, 6.07) is 0. The lowest BCUT2D eigenvalue weighted by Gasteiger charge is -2.08. The topological polar surface area (TPSA) is 55.4 Å². The molecule has 0 bridgehead atoms. The number of ketones is 1. The van der Waals surface area contributed by atoms with E-state index < -0.39 is 0 Å². The van der Waals surface area contributed by atoms with Crippen LogP contribution in [0.5, 0.6) is 0 Å². The molecule has 4 nitrogen and oxygen atoms in total. The number of hydrogen-bond donors (Lipinski definition) is 1. The number of amides is 1. The molecule has 0 aromatic carbocycles. The molecule has 0 aromatic heterocycles. The van der Waals surface area contributed by atoms with Crippen LogP contribution in [0.2, 0.25) is 0 Å². The highest BCUT2D eigenvalue weighted by Gasteiger charge is 2.02. The molecule has 106 valence electrons. The van der Waals surface area contributed by atoms with E-state index in [1.165, 1.54) is 0 Å². The second-order valence-electron chi connectivity index (χ2n) is 4.72. The van der Waals surface area contributed by atoms with Crippen molar-refractivity contribution in [3.05, 3.63) is 0 Å². The number of unbranched alkanes of at least 4 members (excludes halogenated alkanes) is 2. The summed E-state index contributed by atoms with van der Waals surface area (Å²) < 4.78 is 5.32. The molecule has 0 aliphatic rings. The molecular weight excluding hydrogens is 230 g/mol. The largest absolute Gasteiger partial charge is 0.377 e.